The molecule has 0 radical (unpaired) electrons. The first-order chi connectivity index (χ1) is 25.3. The van der Waals surface area contributed by atoms with Crippen molar-refractivity contribution in [3.05, 3.63) is 176 Å². The molecule has 290 valence electrons. The molecule has 56 heavy (non-hydrogen) atoms. The predicted octanol–water partition coefficient (Wildman–Crippen LogP) is 7.91. The monoisotopic (exact) mass is 970 g/mol. The van der Waals surface area contributed by atoms with Crippen molar-refractivity contribution in [3.63, 3.8) is 0 Å². The summed E-state index contributed by atoms with van der Waals surface area (Å²) in [7, 11) is 0. The van der Waals surface area contributed by atoms with Gasteiger partial charge in [-0.25, -0.2) is 0 Å². The quantitative estimate of drug-likeness (QED) is 0.120. The van der Waals surface area contributed by atoms with Gasteiger partial charge in [0.15, 0.2) is 0 Å². The van der Waals surface area contributed by atoms with Gasteiger partial charge in [-0.3, -0.25) is 0 Å². The molecule has 0 bridgehead atoms. The molecule has 2 atom stereocenters. The van der Waals surface area contributed by atoms with Crippen molar-refractivity contribution in [2.75, 3.05) is 0 Å². The van der Waals surface area contributed by atoms with E-state index in [1.165, 1.54) is 31.2 Å². The third-order valence-electron chi connectivity index (χ3n) is 10.6. The van der Waals surface area contributed by atoms with Crippen molar-refractivity contribution in [1.82, 2.24) is 0 Å². The van der Waals surface area contributed by atoms with Gasteiger partial charge in [-0.05, 0) is 0 Å². The van der Waals surface area contributed by atoms with Gasteiger partial charge >= 0.3 is 327 Å². The molecule has 0 spiro atoms. The van der Waals surface area contributed by atoms with Gasteiger partial charge in [0.05, 0.1) is 0 Å². The second kappa shape index (κ2) is 16.1. The third-order valence-corrected chi connectivity index (χ3v) is 16.9. The van der Waals surface area contributed by atoms with Gasteiger partial charge in [-0.1, -0.05) is 0 Å². The molecule has 2 aliphatic rings. The average molecular weight is 970 g/mol. The van der Waals surface area contributed by atoms with Crippen LogP contribution in [0.25, 0.3) is 20.6 Å². The topological polar surface area (TPSA) is 0 Å². The van der Waals surface area contributed by atoms with Crippen LogP contribution in [0, 0.1) is 0 Å². The number of fused-ring (bicyclic) bond motifs is 2. The first-order valence-corrected chi connectivity index (χ1v) is 22.1. The Hall–Kier alpha value is -3.39. The second-order valence-corrected chi connectivity index (χ2v) is 21.4. The van der Waals surface area contributed by atoms with E-state index in [9.17, 15) is 26.3 Å². The van der Waals surface area contributed by atoms with E-state index >= 15 is 0 Å². The Morgan fingerprint density at radius 3 is 1.57 bits per heavy atom. The van der Waals surface area contributed by atoms with E-state index in [0.29, 0.717) is 5.57 Å². The molecule has 0 amide bonds. The summed E-state index contributed by atoms with van der Waals surface area (Å²) in [6.45, 7) is 13.3. The molecule has 0 fully saturated rings. The van der Waals surface area contributed by atoms with Crippen LogP contribution in [-0.2, 0) is 52.5 Å². The Morgan fingerprint density at radius 1 is 0.536 bits per heavy atom. The summed E-state index contributed by atoms with van der Waals surface area (Å²) in [5.74, 6) is 0.0172. The third kappa shape index (κ3) is 8.85. The van der Waals surface area contributed by atoms with Gasteiger partial charge < -0.3 is 24.8 Å². The fraction of sp³-hybridized carbons (Fsp3) is 0.277. The molecule has 0 nitrogen and oxygen atoms in total. The average Bonchev–Trinajstić information content (AvgIpc) is 3.62. The van der Waals surface area contributed by atoms with Crippen molar-refractivity contribution < 1.29 is 74.1 Å². The van der Waals surface area contributed by atoms with Gasteiger partial charge in [0.1, 0.15) is 0 Å². The van der Waals surface area contributed by atoms with Gasteiger partial charge in [0.25, 0.3) is 0 Å². The molecule has 7 rings (SSSR count). The van der Waals surface area contributed by atoms with Crippen LogP contribution >= 0.6 is 0 Å². The molecule has 9 heteroatoms. The summed E-state index contributed by atoms with van der Waals surface area (Å²) < 4.78 is 86.1. The Morgan fingerprint density at radius 2 is 1.02 bits per heavy atom. The number of hydrogen-bond donors (Lipinski definition) is 0. The summed E-state index contributed by atoms with van der Waals surface area (Å²) >= 11 is -2.25. The Labute approximate surface area is 349 Å². The fourth-order valence-corrected chi connectivity index (χ4v) is 14.8. The molecule has 2 aliphatic carbocycles. The van der Waals surface area contributed by atoms with Crippen molar-refractivity contribution in [2.24, 2.45) is 0 Å². The van der Waals surface area contributed by atoms with Gasteiger partial charge in [-0.15, -0.1) is 0 Å². The predicted molar refractivity (Wildman–Crippen MR) is 203 cm³/mol. The van der Waals surface area contributed by atoms with Crippen molar-refractivity contribution in [1.29, 1.82) is 0 Å². The van der Waals surface area contributed by atoms with Crippen LogP contribution in [-0.4, -0.2) is 0 Å². The standard InChI is InChI=1S/C30H33.C17H9F6.2ClH.Hf/c1-29(2,3)24-17-23(18-25(20-24)30(4,5)6)27-19-22-14-10-11-15-26(22)28(27)16-21-12-8-7-9-13-21;18-16(19,20)14-7-13(8-15(9-14)17(21,22)23)12-5-10-3-1-2-4-11(10)6-12;;;/h7-15,17-18,20,28H,16H2,1-6H3;1-9H;2*1H;/q;;;;+2/p-2. The fourth-order valence-electron chi connectivity index (χ4n) is 7.71. The molecule has 2 unspecified atom stereocenters. The first kappa shape index (κ1) is 43.7. The Bertz CT molecular complexity index is 2220. The van der Waals surface area contributed by atoms with E-state index in [1.807, 2.05) is 54.6 Å². The van der Waals surface area contributed by atoms with Crippen LogP contribution in [0.4, 0.5) is 26.3 Å². The SMILES string of the molecule is CC(C)(C)c1cc(C2=[C]([Hf+2][CH]3C(c4cc(C(F)(F)F)cc(C(F)(F)F)c4)=Cc4ccccc43)c3ccccc3C2Cc2ccccc2)cc(C(C)(C)C)c1.[Cl-].[Cl-]. The van der Waals surface area contributed by atoms with Gasteiger partial charge in [-0.2, -0.15) is 0 Å². The summed E-state index contributed by atoms with van der Waals surface area (Å²) in [6.07, 6.45) is -7.29. The van der Waals surface area contributed by atoms with Crippen molar-refractivity contribution >= 4 is 20.6 Å². The van der Waals surface area contributed by atoms with E-state index in [4.69, 9.17) is 0 Å². The van der Waals surface area contributed by atoms with Crippen molar-refractivity contribution in [2.45, 2.75) is 80.7 Å². The van der Waals surface area contributed by atoms with Crippen LogP contribution in [0.2, 0.25) is 0 Å². The zero-order valence-electron chi connectivity index (χ0n) is 31.9. The molecular formula is C47H42Cl2F6Hf. The number of halogens is 8. The molecule has 0 aromatic heterocycles. The molecule has 0 saturated carbocycles. The van der Waals surface area contributed by atoms with E-state index in [-0.39, 0.29) is 56.9 Å². The number of allylic oxidation sites excluding steroid dienone is 2. The summed E-state index contributed by atoms with van der Waals surface area (Å²) in [5.41, 5.74) is 7.84. The number of alkyl halides is 6. The maximum absolute atomic E-state index is 14.2. The Balaban J connectivity index is 0.00000300. The van der Waals surface area contributed by atoms with Crippen LogP contribution < -0.4 is 24.8 Å². The number of rotatable bonds is 6. The molecule has 5 aromatic carbocycles. The second-order valence-electron chi connectivity index (χ2n) is 16.5. The molecule has 0 N–H and O–H groups in total. The van der Waals surface area contributed by atoms with Gasteiger partial charge in [0, 0.05) is 0 Å². The zero-order valence-corrected chi connectivity index (χ0v) is 37.0. The van der Waals surface area contributed by atoms with Gasteiger partial charge in [0.2, 0.25) is 0 Å². The van der Waals surface area contributed by atoms with Crippen LogP contribution in [0.3, 0.4) is 0 Å². The summed E-state index contributed by atoms with van der Waals surface area (Å²) in [6, 6.07) is 35.5. The summed E-state index contributed by atoms with van der Waals surface area (Å²) in [5, 5.41) is 0. The maximum atomic E-state index is 14.2. The normalized spacial score (nSPS) is 16.7. The summed E-state index contributed by atoms with van der Waals surface area (Å²) in [4.78, 5) is 0. The minimum Gasteiger partial charge on any atom is -1.00 e. The van der Waals surface area contributed by atoms with E-state index in [0.717, 1.165) is 40.8 Å². The molecule has 0 heterocycles. The molecule has 0 saturated heterocycles. The zero-order chi connectivity index (χ0) is 38.8. The molecular weight excluding hydrogens is 928 g/mol. The van der Waals surface area contributed by atoms with Crippen LogP contribution in [0.5, 0.6) is 0 Å². The Kier molecular flexibility index (Phi) is 12.6. The minimum atomic E-state index is -4.94. The van der Waals surface area contributed by atoms with Crippen LogP contribution in [0.15, 0.2) is 115 Å². The largest absolute Gasteiger partial charge is 1.00 e. The van der Waals surface area contributed by atoms with E-state index < -0.39 is 46.4 Å². The number of benzene rings is 5. The van der Waals surface area contributed by atoms with Crippen molar-refractivity contribution in [3.8, 4) is 0 Å². The van der Waals surface area contributed by atoms with E-state index in [1.54, 1.807) is 0 Å². The minimum absolute atomic E-state index is 0. The number of hydrogen-bond acceptors (Lipinski definition) is 0. The molecule has 5 aromatic rings. The molecule has 0 aliphatic heterocycles. The van der Waals surface area contributed by atoms with E-state index in [2.05, 4.69) is 90.1 Å². The smallest absolute Gasteiger partial charge is 1.00 e. The maximum Gasteiger partial charge on any atom is -1.00 e. The van der Waals surface area contributed by atoms with Crippen LogP contribution in [0.1, 0.15) is 112 Å². The first-order valence-electron chi connectivity index (χ1n) is 18.2.